The Morgan fingerprint density at radius 1 is 1.40 bits per heavy atom. The maximum atomic E-state index is 13.5. The number of hydrogen-bond donors (Lipinski definition) is 0. The molecule has 0 saturated heterocycles. The van der Waals surface area contributed by atoms with Crippen LogP contribution in [0.15, 0.2) is 22.7 Å². The van der Waals surface area contributed by atoms with Crippen LogP contribution in [0, 0.1) is 11.7 Å². The number of hydrogen-bond acceptors (Lipinski definition) is 0. The molecule has 0 spiro atoms. The Morgan fingerprint density at radius 3 is 2.60 bits per heavy atom. The van der Waals surface area contributed by atoms with E-state index in [9.17, 15) is 4.39 Å². The quantitative estimate of drug-likeness (QED) is 0.701. The van der Waals surface area contributed by atoms with Crippen molar-refractivity contribution in [3.63, 3.8) is 0 Å². The normalized spacial score (nSPS) is 15.0. The van der Waals surface area contributed by atoms with E-state index in [0.29, 0.717) is 5.92 Å². The van der Waals surface area contributed by atoms with Crippen LogP contribution in [-0.4, -0.2) is 5.38 Å². The molecule has 0 saturated carbocycles. The van der Waals surface area contributed by atoms with Gasteiger partial charge in [0, 0.05) is 9.85 Å². The lowest BCUT2D eigenvalue weighted by Gasteiger charge is -2.13. The third kappa shape index (κ3) is 4.52. The monoisotopic (exact) mass is 292 g/mol. The molecule has 0 fully saturated rings. The molecule has 0 N–H and O–H groups in total. The predicted octanol–water partition coefficient (Wildman–Crippen LogP) is 4.78. The summed E-state index contributed by atoms with van der Waals surface area (Å²) in [5.41, 5.74) is 0.767. The number of alkyl halides is 1. The molecule has 0 nitrogen and oxygen atoms in total. The highest BCUT2D eigenvalue weighted by atomic mass is 79.9. The van der Waals surface area contributed by atoms with Crippen molar-refractivity contribution in [2.45, 2.75) is 32.1 Å². The summed E-state index contributed by atoms with van der Waals surface area (Å²) in [5.74, 6) is 0.270. The zero-order valence-corrected chi connectivity index (χ0v) is 11.3. The van der Waals surface area contributed by atoms with Gasteiger partial charge in [-0.05, 0) is 43.4 Å². The Hall–Kier alpha value is -0.0800. The molecule has 1 rings (SSSR count). The first kappa shape index (κ1) is 13.0. The van der Waals surface area contributed by atoms with Gasteiger partial charge in [-0.3, -0.25) is 0 Å². The Morgan fingerprint density at radius 2 is 2.07 bits per heavy atom. The van der Waals surface area contributed by atoms with Gasteiger partial charge in [0.25, 0.3) is 0 Å². The van der Waals surface area contributed by atoms with Crippen LogP contribution in [0.4, 0.5) is 4.39 Å². The van der Waals surface area contributed by atoms with Crippen molar-refractivity contribution in [1.82, 2.24) is 0 Å². The van der Waals surface area contributed by atoms with Crippen molar-refractivity contribution in [1.29, 1.82) is 0 Å². The third-order valence-corrected chi connectivity index (χ3v) is 2.98. The van der Waals surface area contributed by atoms with Crippen molar-refractivity contribution < 1.29 is 4.39 Å². The molecule has 0 amide bonds. The van der Waals surface area contributed by atoms with Crippen LogP contribution in [-0.2, 0) is 6.42 Å². The van der Waals surface area contributed by atoms with Crippen molar-refractivity contribution in [2.75, 3.05) is 0 Å². The first-order valence-electron chi connectivity index (χ1n) is 5.07. The van der Waals surface area contributed by atoms with Crippen molar-refractivity contribution in [3.8, 4) is 0 Å². The molecule has 3 heteroatoms. The Bertz CT molecular complexity index is 325. The van der Waals surface area contributed by atoms with Gasteiger partial charge in [-0.15, -0.1) is 11.6 Å². The smallest absolute Gasteiger partial charge is 0.127 e. The molecule has 0 aromatic heterocycles. The first-order chi connectivity index (χ1) is 6.99. The molecule has 0 heterocycles. The fraction of sp³-hybridized carbons (Fsp3) is 0.500. The van der Waals surface area contributed by atoms with Gasteiger partial charge in [0.05, 0.1) is 0 Å². The Balaban J connectivity index is 2.64. The lowest BCUT2D eigenvalue weighted by molar-refractivity contribution is 0.507. The van der Waals surface area contributed by atoms with E-state index in [1.165, 1.54) is 6.07 Å². The SMILES string of the molecule is CC(Cl)CC(C)Cc1ccc(Br)cc1F. The summed E-state index contributed by atoms with van der Waals surface area (Å²) in [5, 5.41) is 0.151. The summed E-state index contributed by atoms with van der Waals surface area (Å²) in [7, 11) is 0. The van der Waals surface area contributed by atoms with Gasteiger partial charge in [0.2, 0.25) is 0 Å². The summed E-state index contributed by atoms with van der Waals surface area (Å²) in [6.45, 7) is 4.07. The molecule has 15 heavy (non-hydrogen) atoms. The van der Waals surface area contributed by atoms with Crippen molar-refractivity contribution >= 4 is 27.5 Å². The first-order valence-corrected chi connectivity index (χ1v) is 6.30. The summed E-state index contributed by atoms with van der Waals surface area (Å²) in [6, 6.07) is 5.20. The average Bonchev–Trinajstić information content (AvgIpc) is 2.08. The topological polar surface area (TPSA) is 0 Å². The zero-order chi connectivity index (χ0) is 11.4. The lowest BCUT2D eigenvalue weighted by atomic mass is 9.96. The van der Waals surface area contributed by atoms with Crippen LogP contribution in [0.1, 0.15) is 25.8 Å². The molecule has 0 aliphatic rings. The van der Waals surface area contributed by atoms with Crippen LogP contribution < -0.4 is 0 Å². The van der Waals surface area contributed by atoms with Gasteiger partial charge in [-0.25, -0.2) is 4.39 Å². The van der Waals surface area contributed by atoms with Crippen LogP contribution >= 0.6 is 27.5 Å². The fourth-order valence-electron chi connectivity index (χ4n) is 1.70. The predicted molar refractivity (Wildman–Crippen MR) is 66.9 cm³/mol. The standard InChI is InChI=1S/C12H15BrClF/c1-8(5-9(2)14)6-10-3-4-11(13)7-12(10)15/h3-4,7-9H,5-6H2,1-2H3. The van der Waals surface area contributed by atoms with Gasteiger partial charge < -0.3 is 0 Å². The molecule has 2 atom stereocenters. The summed E-state index contributed by atoms with van der Waals surface area (Å²) < 4.78 is 14.3. The van der Waals surface area contributed by atoms with Gasteiger partial charge in [-0.2, -0.15) is 0 Å². The second-order valence-corrected chi connectivity index (χ2v) is 5.72. The summed E-state index contributed by atoms with van der Waals surface area (Å²) >= 11 is 9.14. The van der Waals surface area contributed by atoms with Crippen LogP contribution in [0.3, 0.4) is 0 Å². The summed E-state index contributed by atoms with van der Waals surface area (Å²) in [6.07, 6.45) is 1.66. The second-order valence-electron chi connectivity index (χ2n) is 4.06. The van der Waals surface area contributed by atoms with E-state index in [2.05, 4.69) is 22.9 Å². The Kier molecular flexibility index (Phi) is 5.07. The summed E-state index contributed by atoms with van der Waals surface area (Å²) in [4.78, 5) is 0. The molecule has 0 aliphatic heterocycles. The third-order valence-electron chi connectivity index (χ3n) is 2.31. The molecule has 0 aliphatic carbocycles. The van der Waals surface area contributed by atoms with Crippen molar-refractivity contribution in [2.24, 2.45) is 5.92 Å². The van der Waals surface area contributed by atoms with Crippen LogP contribution in [0.5, 0.6) is 0 Å². The maximum Gasteiger partial charge on any atom is 0.127 e. The van der Waals surface area contributed by atoms with E-state index in [1.54, 1.807) is 0 Å². The number of rotatable bonds is 4. The lowest BCUT2D eigenvalue weighted by Crippen LogP contribution is -2.06. The van der Waals surface area contributed by atoms with Gasteiger partial charge >= 0.3 is 0 Å². The minimum Gasteiger partial charge on any atom is -0.207 e. The number of benzene rings is 1. The minimum atomic E-state index is -0.140. The highest BCUT2D eigenvalue weighted by molar-refractivity contribution is 9.10. The molecular weight excluding hydrogens is 278 g/mol. The van der Waals surface area contributed by atoms with E-state index in [1.807, 2.05) is 19.1 Å². The Labute approximate surface area is 104 Å². The van der Waals surface area contributed by atoms with Gasteiger partial charge in [0.1, 0.15) is 5.82 Å². The van der Waals surface area contributed by atoms with E-state index in [-0.39, 0.29) is 11.2 Å². The second kappa shape index (κ2) is 5.86. The fourth-order valence-corrected chi connectivity index (χ4v) is 2.34. The van der Waals surface area contributed by atoms with E-state index < -0.39 is 0 Å². The molecule has 1 aromatic carbocycles. The largest absolute Gasteiger partial charge is 0.207 e. The number of halogens is 3. The van der Waals surface area contributed by atoms with E-state index >= 15 is 0 Å². The minimum absolute atomic E-state index is 0.140. The molecular formula is C12H15BrClF. The van der Waals surface area contributed by atoms with E-state index in [4.69, 9.17) is 11.6 Å². The molecule has 0 bridgehead atoms. The molecule has 0 radical (unpaired) electrons. The van der Waals surface area contributed by atoms with Gasteiger partial charge in [0.15, 0.2) is 0 Å². The van der Waals surface area contributed by atoms with Crippen LogP contribution in [0.2, 0.25) is 0 Å². The zero-order valence-electron chi connectivity index (χ0n) is 8.93. The van der Waals surface area contributed by atoms with E-state index in [0.717, 1.165) is 22.9 Å². The highest BCUT2D eigenvalue weighted by Gasteiger charge is 2.10. The molecule has 84 valence electrons. The maximum absolute atomic E-state index is 13.5. The van der Waals surface area contributed by atoms with Crippen LogP contribution in [0.25, 0.3) is 0 Å². The highest BCUT2D eigenvalue weighted by Crippen LogP contribution is 2.21. The van der Waals surface area contributed by atoms with Gasteiger partial charge in [-0.1, -0.05) is 28.9 Å². The molecule has 2 unspecified atom stereocenters. The van der Waals surface area contributed by atoms with Crippen molar-refractivity contribution in [3.05, 3.63) is 34.1 Å². The average molecular weight is 294 g/mol. The molecule has 1 aromatic rings.